The second kappa shape index (κ2) is 9.65. The minimum absolute atomic E-state index is 0.215. The van der Waals surface area contributed by atoms with E-state index in [0.29, 0.717) is 0 Å². The number of ether oxygens (including phenoxy) is 3. The molecular weight excluding hydrogens is 348 g/mol. The van der Waals surface area contributed by atoms with E-state index in [9.17, 15) is 0 Å². The second-order valence-corrected chi connectivity index (χ2v) is 8.27. The molecule has 1 aliphatic carbocycles. The van der Waals surface area contributed by atoms with Crippen molar-refractivity contribution in [1.82, 2.24) is 0 Å². The monoisotopic (exact) mass is 384 g/mol. The van der Waals surface area contributed by atoms with Crippen LogP contribution in [0.5, 0.6) is 11.5 Å². The van der Waals surface area contributed by atoms with E-state index in [1.807, 2.05) is 19.2 Å². The van der Waals surface area contributed by atoms with Crippen LogP contribution >= 0.6 is 0 Å². The number of unbranched alkanes of at least 4 members (excludes halogenated alkanes) is 3. The van der Waals surface area contributed by atoms with Gasteiger partial charge in [-0.25, -0.2) is 0 Å². The summed E-state index contributed by atoms with van der Waals surface area (Å²) in [5.41, 5.74) is 2.07. The van der Waals surface area contributed by atoms with Gasteiger partial charge in [0.1, 0.15) is 17.3 Å². The topological polar surface area (TPSA) is 27.7 Å². The average molecular weight is 385 g/mol. The standard InChI is InChI=1S/C25H36O3/c1-5-6-7-9-12-21-19(2)24(18-25(27-4)15-10-8-11-16-25)28-23-14-13-20(26-3)17-22(21)23/h13-14,17-18,21H,2,5-12,15-16H2,1,3-4H3/b24-18+. The molecule has 1 fully saturated rings. The van der Waals surface area contributed by atoms with Gasteiger partial charge in [-0.3, -0.25) is 0 Å². The molecule has 1 heterocycles. The van der Waals surface area contributed by atoms with Crippen LogP contribution in [0, 0.1) is 0 Å². The molecule has 0 N–H and O–H groups in total. The van der Waals surface area contributed by atoms with Crippen LogP contribution in [0.2, 0.25) is 0 Å². The lowest BCUT2D eigenvalue weighted by molar-refractivity contribution is -0.0000480. The molecule has 0 bridgehead atoms. The molecule has 3 nitrogen and oxygen atoms in total. The maximum absolute atomic E-state index is 6.36. The van der Waals surface area contributed by atoms with Gasteiger partial charge in [0.15, 0.2) is 0 Å². The van der Waals surface area contributed by atoms with Gasteiger partial charge in [0.25, 0.3) is 0 Å². The highest BCUT2D eigenvalue weighted by Crippen LogP contribution is 2.46. The van der Waals surface area contributed by atoms with Gasteiger partial charge in [0, 0.05) is 18.6 Å². The molecule has 0 saturated heterocycles. The molecule has 0 radical (unpaired) electrons. The van der Waals surface area contributed by atoms with E-state index < -0.39 is 0 Å². The molecule has 1 aromatic rings. The minimum Gasteiger partial charge on any atom is -0.497 e. The largest absolute Gasteiger partial charge is 0.497 e. The fraction of sp³-hybridized carbons (Fsp3) is 0.600. The minimum atomic E-state index is -0.215. The molecule has 1 saturated carbocycles. The molecule has 3 heteroatoms. The lowest BCUT2D eigenvalue weighted by Gasteiger charge is -2.36. The van der Waals surface area contributed by atoms with Crippen molar-refractivity contribution in [3.63, 3.8) is 0 Å². The van der Waals surface area contributed by atoms with Gasteiger partial charge < -0.3 is 14.2 Å². The molecular formula is C25H36O3. The third kappa shape index (κ3) is 4.63. The van der Waals surface area contributed by atoms with Gasteiger partial charge in [-0.2, -0.15) is 0 Å². The molecule has 1 atom stereocenters. The van der Waals surface area contributed by atoms with Crippen molar-refractivity contribution in [2.45, 2.75) is 82.7 Å². The molecule has 2 aliphatic rings. The maximum atomic E-state index is 6.36. The zero-order chi connectivity index (χ0) is 20.0. The van der Waals surface area contributed by atoms with Crippen LogP contribution in [-0.4, -0.2) is 19.8 Å². The predicted octanol–water partition coefficient (Wildman–Crippen LogP) is 6.93. The van der Waals surface area contributed by atoms with Gasteiger partial charge >= 0.3 is 0 Å². The van der Waals surface area contributed by atoms with Gasteiger partial charge in [-0.15, -0.1) is 0 Å². The molecule has 0 spiro atoms. The Bertz CT molecular complexity index is 698. The van der Waals surface area contributed by atoms with Crippen molar-refractivity contribution in [2.24, 2.45) is 0 Å². The summed E-state index contributed by atoms with van der Waals surface area (Å²) in [4.78, 5) is 0. The first kappa shape index (κ1) is 21.0. The zero-order valence-electron chi connectivity index (χ0n) is 17.9. The van der Waals surface area contributed by atoms with Crippen LogP contribution in [0.3, 0.4) is 0 Å². The number of benzene rings is 1. The Kier molecular flexibility index (Phi) is 7.23. The van der Waals surface area contributed by atoms with Gasteiger partial charge in [-0.05, 0) is 49.1 Å². The fourth-order valence-corrected chi connectivity index (χ4v) is 4.59. The predicted molar refractivity (Wildman–Crippen MR) is 115 cm³/mol. The molecule has 28 heavy (non-hydrogen) atoms. The third-order valence-corrected chi connectivity index (χ3v) is 6.40. The number of fused-ring (bicyclic) bond motifs is 1. The lowest BCUT2D eigenvalue weighted by Crippen LogP contribution is -2.33. The van der Waals surface area contributed by atoms with E-state index in [1.165, 1.54) is 50.5 Å². The van der Waals surface area contributed by atoms with E-state index in [1.54, 1.807) is 7.11 Å². The van der Waals surface area contributed by atoms with Crippen molar-refractivity contribution in [3.8, 4) is 11.5 Å². The maximum Gasteiger partial charge on any atom is 0.131 e. The summed E-state index contributed by atoms with van der Waals surface area (Å²) in [6.07, 6.45) is 14.1. The molecule has 0 amide bonds. The average Bonchev–Trinajstić information content (AvgIpc) is 2.73. The quantitative estimate of drug-likeness (QED) is 0.455. The molecule has 3 rings (SSSR count). The van der Waals surface area contributed by atoms with Crippen LogP contribution < -0.4 is 9.47 Å². The Morgan fingerprint density at radius 1 is 1.14 bits per heavy atom. The van der Waals surface area contributed by atoms with Crippen LogP contribution in [0.4, 0.5) is 0 Å². The molecule has 0 aromatic heterocycles. The van der Waals surface area contributed by atoms with Crippen molar-refractivity contribution >= 4 is 0 Å². The van der Waals surface area contributed by atoms with Gasteiger partial charge in [0.05, 0.1) is 12.7 Å². The Labute approximate surface area is 170 Å². The summed E-state index contributed by atoms with van der Waals surface area (Å²) in [7, 11) is 3.54. The number of hydrogen-bond acceptors (Lipinski definition) is 3. The number of allylic oxidation sites excluding steroid dienone is 1. The Morgan fingerprint density at radius 3 is 2.61 bits per heavy atom. The summed E-state index contributed by atoms with van der Waals surface area (Å²) in [6.45, 7) is 6.72. The normalized spacial score (nSPS) is 22.6. The van der Waals surface area contributed by atoms with E-state index in [4.69, 9.17) is 14.2 Å². The van der Waals surface area contributed by atoms with E-state index in [0.717, 1.165) is 42.1 Å². The third-order valence-electron chi connectivity index (χ3n) is 6.40. The van der Waals surface area contributed by atoms with E-state index >= 15 is 0 Å². The van der Waals surface area contributed by atoms with Crippen LogP contribution in [0.25, 0.3) is 0 Å². The first-order chi connectivity index (χ1) is 13.6. The van der Waals surface area contributed by atoms with Gasteiger partial charge in [0.2, 0.25) is 0 Å². The van der Waals surface area contributed by atoms with Crippen molar-refractivity contribution < 1.29 is 14.2 Å². The summed E-state index contributed by atoms with van der Waals surface area (Å²) >= 11 is 0. The van der Waals surface area contributed by atoms with Crippen molar-refractivity contribution in [2.75, 3.05) is 14.2 Å². The summed E-state index contributed by atoms with van der Waals surface area (Å²) in [5, 5.41) is 0. The summed E-state index contributed by atoms with van der Waals surface area (Å²) in [6, 6.07) is 6.13. The molecule has 1 unspecified atom stereocenters. The summed E-state index contributed by atoms with van der Waals surface area (Å²) < 4.78 is 17.8. The highest BCUT2D eigenvalue weighted by atomic mass is 16.5. The molecule has 154 valence electrons. The molecule has 1 aliphatic heterocycles. The van der Waals surface area contributed by atoms with Gasteiger partial charge in [-0.1, -0.05) is 58.4 Å². The highest BCUT2D eigenvalue weighted by molar-refractivity contribution is 5.53. The first-order valence-electron chi connectivity index (χ1n) is 11.0. The van der Waals surface area contributed by atoms with Crippen LogP contribution in [0.15, 0.2) is 42.2 Å². The molecule has 1 aromatic carbocycles. The lowest BCUT2D eigenvalue weighted by atomic mass is 9.80. The highest BCUT2D eigenvalue weighted by Gasteiger charge is 2.35. The van der Waals surface area contributed by atoms with Crippen LogP contribution in [0.1, 0.15) is 82.6 Å². The summed E-state index contributed by atoms with van der Waals surface area (Å²) in [5.74, 6) is 2.99. The van der Waals surface area contributed by atoms with Crippen LogP contribution in [-0.2, 0) is 4.74 Å². The Hall–Kier alpha value is -1.74. The number of methoxy groups -OCH3 is 2. The SMILES string of the molecule is C=C1/C(=C\C2(OC)CCCCC2)Oc2ccc(OC)cc2C1CCCCCC. The Balaban J connectivity index is 1.91. The second-order valence-electron chi connectivity index (χ2n) is 8.27. The first-order valence-corrected chi connectivity index (χ1v) is 11.0. The van der Waals surface area contributed by atoms with Crippen molar-refractivity contribution in [1.29, 1.82) is 0 Å². The van der Waals surface area contributed by atoms with E-state index in [2.05, 4.69) is 25.6 Å². The fourth-order valence-electron chi connectivity index (χ4n) is 4.59. The number of rotatable bonds is 8. The zero-order valence-corrected chi connectivity index (χ0v) is 17.9. The number of hydrogen-bond donors (Lipinski definition) is 0. The van der Waals surface area contributed by atoms with Crippen molar-refractivity contribution in [3.05, 3.63) is 47.7 Å². The van der Waals surface area contributed by atoms with E-state index in [-0.39, 0.29) is 11.5 Å². The Morgan fingerprint density at radius 2 is 1.93 bits per heavy atom. The smallest absolute Gasteiger partial charge is 0.131 e.